The Balaban J connectivity index is 1.62. The third-order valence-corrected chi connectivity index (χ3v) is 9.79. The van der Waals surface area contributed by atoms with Crippen LogP contribution in [-0.4, -0.2) is 58.5 Å². The number of nitrogens with one attached hydrogen (secondary N) is 1. The lowest BCUT2D eigenvalue weighted by atomic mass is 9.96. The summed E-state index contributed by atoms with van der Waals surface area (Å²) < 4.78 is 52.8. The number of carbonyl (C=O) groups excluding carboxylic acids is 1. The van der Waals surface area contributed by atoms with Gasteiger partial charge in [0.05, 0.1) is 9.79 Å². The summed E-state index contributed by atoms with van der Waals surface area (Å²) in [5.41, 5.74) is 1.09. The summed E-state index contributed by atoms with van der Waals surface area (Å²) in [4.78, 5) is 12.9. The van der Waals surface area contributed by atoms with Crippen molar-refractivity contribution in [3.8, 4) is 0 Å². The fourth-order valence-electron chi connectivity index (χ4n) is 3.86. The molecule has 1 N–H and O–H groups in total. The number of nitrogens with zero attached hydrogens (tertiary/aromatic N) is 2. The highest BCUT2D eigenvalue weighted by molar-refractivity contribution is 7.89. The van der Waals surface area contributed by atoms with E-state index in [1.807, 2.05) is 0 Å². The van der Waals surface area contributed by atoms with Gasteiger partial charge < -0.3 is 5.32 Å². The molecular weight excluding hydrogens is 462 g/mol. The van der Waals surface area contributed by atoms with Crippen molar-refractivity contribution < 1.29 is 21.6 Å². The van der Waals surface area contributed by atoms with Crippen molar-refractivity contribution in [2.75, 3.05) is 21.1 Å². The Bertz CT molecular complexity index is 1170. The van der Waals surface area contributed by atoms with Crippen LogP contribution in [0, 0.1) is 0 Å². The van der Waals surface area contributed by atoms with E-state index in [0.717, 1.165) is 42.0 Å². The van der Waals surface area contributed by atoms with Gasteiger partial charge in [0, 0.05) is 39.3 Å². The molecule has 0 heterocycles. The van der Waals surface area contributed by atoms with Gasteiger partial charge in [0.1, 0.15) is 0 Å². The Morgan fingerprint density at radius 1 is 0.818 bits per heavy atom. The predicted octanol–water partition coefficient (Wildman–Crippen LogP) is 2.82. The molecule has 0 radical (unpaired) electrons. The molecule has 8 nitrogen and oxygen atoms in total. The van der Waals surface area contributed by atoms with Crippen LogP contribution in [0.15, 0.2) is 58.3 Å². The van der Waals surface area contributed by atoms with Crippen molar-refractivity contribution in [1.29, 1.82) is 0 Å². The number of rotatable bonds is 8. The van der Waals surface area contributed by atoms with E-state index in [0.29, 0.717) is 5.56 Å². The molecule has 0 aromatic heterocycles. The molecule has 1 aliphatic rings. The van der Waals surface area contributed by atoms with E-state index in [-0.39, 0.29) is 28.3 Å². The summed E-state index contributed by atoms with van der Waals surface area (Å²) in [5.74, 6) is -0.343. The van der Waals surface area contributed by atoms with Crippen LogP contribution in [0.2, 0.25) is 0 Å². The van der Waals surface area contributed by atoms with Gasteiger partial charge in [0.15, 0.2) is 0 Å². The van der Waals surface area contributed by atoms with Crippen LogP contribution >= 0.6 is 0 Å². The minimum atomic E-state index is -3.61. The maximum atomic E-state index is 12.9. The summed E-state index contributed by atoms with van der Waals surface area (Å²) in [6.07, 6.45) is 4.97. The summed E-state index contributed by atoms with van der Waals surface area (Å²) in [7, 11) is -2.56. The van der Waals surface area contributed by atoms with Gasteiger partial charge in [-0.2, -0.15) is 4.31 Å². The van der Waals surface area contributed by atoms with Gasteiger partial charge >= 0.3 is 0 Å². The van der Waals surface area contributed by atoms with E-state index in [1.54, 1.807) is 19.2 Å². The van der Waals surface area contributed by atoms with Gasteiger partial charge in [-0.1, -0.05) is 31.4 Å². The van der Waals surface area contributed by atoms with Gasteiger partial charge in [-0.15, -0.1) is 0 Å². The molecule has 180 valence electrons. The van der Waals surface area contributed by atoms with E-state index in [2.05, 4.69) is 5.32 Å². The minimum Gasteiger partial charge on any atom is -0.348 e. The number of benzene rings is 2. The molecule has 0 spiro atoms. The highest BCUT2D eigenvalue weighted by atomic mass is 32.2. The third kappa shape index (κ3) is 5.81. The first-order chi connectivity index (χ1) is 15.5. The zero-order valence-electron chi connectivity index (χ0n) is 19.2. The van der Waals surface area contributed by atoms with Crippen LogP contribution in [0.5, 0.6) is 0 Å². The SMILES string of the molecule is CN(C)S(=O)(=O)c1ccc(CNC(=O)c2ccc(S(=O)(=O)N(C)C3CCCCC3)cc2)cc1. The molecule has 0 atom stereocenters. The first-order valence-electron chi connectivity index (χ1n) is 10.9. The highest BCUT2D eigenvalue weighted by Gasteiger charge is 2.29. The van der Waals surface area contributed by atoms with Crippen LogP contribution in [0.1, 0.15) is 48.0 Å². The molecule has 0 aliphatic heterocycles. The van der Waals surface area contributed by atoms with Crippen molar-refractivity contribution in [3.63, 3.8) is 0 Å². The lowest BCUT2D eigenvalue weighted by Gasteiger charge is -2.30. The second-order valence-corrected chi connectivity index (χ2v) is 12.6. The number of hydrogen-bond donors (Lipinski definition) is 1. The quantitative estimate of drug-likeness (QED) is 0.609. The Hall–Kier alpha value is -2.27. The van der Waals surface area contributed by atoms with E-state index in [4.69, 9.17) is 0 Å². The molecule has 33 heavy (non-hydrogen) atoms. The summed E-state index contributed by atoms with van der Waals surface area (Å²) in [6.45, 7) is 0.214. The lowest BCUT2D eigenvalue weighted by Crippen LogP contribution is -2.38. The van der Waals surface area contributed by atoms with E-state index in [9.17, 15) is 21.6 Å². The molecule has 2 aromatic carbocycles. The van der Waals surface area contributed by atoms with Gasteiger partial charge in [-0.05, 0) is 54.8 Å². The topological polar surface area (TPSA) is 104 Å². The van der Waals surface area contributed by atoms with E-state index in [1.165, 1.54) is 54.8 Å². The molecular formula is C23H31N3O5S2. The monoisotopic (exact) mass is 493 g/mol. The number of carbonyl (C=O) groups is 1. The molecule has 10 heteroatoms. The number of sulfonamides is 2. The van der Waals surface area contributed by atoms with Crippen molar-refractivity contribution >= 4 is 26.0 Å². The fraction of sp³-hybridized carbons (Fsp3) is 0.435. The van der Waals surface area contributed by atoms with Crippen molar-refractivity contribution in [1.82, 2.24) is 13.9 Å². The van der Waals surface area contributed by atoms with Crippen molar-refractivity contribution in [3.05, 3.63) is 59.7 Å². The zero-order valence-corrected chi connectivity index (χ0v) is 20.8. The Morgan fingerprint density at radius 2 is 1.33 bits per heavy atom. The van der Waals surface area contributed by atoms with Crippen LogP contribution in [-0.2, 0) is 26.6 Å². The molecule has 1 saturated carbocycles. The average molecular weight is 494 g/mol. The lowest BCUT2D eigenvalue weighted by molar-refractivity contribution is 0.0950. The molecule has 0 unspecified atom stereocenters. The Labute approximate surface area is 196 Å². The highest BCUT2D eigenvalue weighted by Crippen LogP contribution is 2.26. The first-order valence-corrected chi connectivity index (χ1v) is 13.8. The molecule has 1 aliphatic carbocycles. The van der Waals surface area contributed by atoms with Gasteiger partial charge in [-0.25, -0.2) is 21.1 Å². The number of amides is 1. The van der Waals surface area contributed by atoms with E-state index < -0.39 is 20.0 Å². The minimum absolute atomic E-state index is 0.0193. The standard InChI is InChI=1S/C23H31N3O5S2/c1-25(2)32(28,29)21-13-9-18(10-14-21)17-24-23(27)19-11-15-22(16-12-19)33(30,31)26(3)20-7-5-4-6-8-20/h9-16,20H,4-8,17H2,1-3H3,(H,24,27). The zero-order chi connectivity index (χ0) is 24.2. The van der Waals surface area contributed by atoms with Crippen LogP contribution in [0.25, 0.3) is 0 Å². The number of hydrogen-bond acceptors (Lipinski definition) is 5. The van der Waals surface area contributed by atoms with Gasteiger partial charge in [-0.3, -0.25) is 4.79 Å². The first kappa shape index (κ1) is 25.4. The predicted molar refractivity (Wildman–Crippen MR) is 127 cm³/mol. The third-order valence-electron chi connectivity index (χ3n) is 6.04. The second-order valence-electron chi connectivity index (χ2n) is 8.45. The van der Waals surface area contributed by atoms with Crippen LogP contribution < -0.4 is 5.32 Å². The second kappa shape index (κ2) is 10.3. The molecule has 2 aromatic rings. The molecule has 0 saturated heterocycles. The maximum absolute atomic E-state index is 12.9. The van der Waals surface area contributed by atoms with Crippen LogP contribution in [0.3, 0.4) is 0 Å². The maximum Gasteiger partial charge on any atom is 0.251 e. The largest absolute Gasteiger partial charge is 0.348 e. The van der Waals surface area contributed by atoms with Crippen molar-refractivity contribution in [2.24, 2.45) is 0 Å². The molecule has 0 bridgehead atoms. The average Bonchev–Trinajstić information content (AvgIpc) is 2.82. The summed E-state index contributed by atoms with van der Waals surface area (Å²) in [6, 6.07) is 12.2. The summed E-state index contributed by atoms with van der Waals surface area (Å²) >= 11 is 0. The van der Waals surface area contributed by atoms with Gasteiger partial charge in [0.2, 0.25) is 20.0 Å². The van der Waals surface area contributed by atoms with Crippen molar-refractivity contribution in [2.45, 2.75) is 54.5 Å². The Kier molecular flexibility index (Phi) is 7.94. The molecule has 3 rings (SSSR count). The summed E-state index contributed by atoms with van der Waals surface area (Å²) in [5, 5.41) is 2.77. The molecule has 1 amide bonds. The van der Waals surface area contributed by atoms with E-state index >= 15 is 0 Å². The molecule has 1 fully saturated rings. The van der Waals surface area contributed by atoms with Crippen LogP contribution in [0.4, 0.5) is 0 Å². The fourth-order valence-corrected chi connectivity index (χ4v) is 6.18. The van der Waals surface area contributed by atoms with Gasteiger partial charge in [0.25, 0.3) is 5.91 Å². The smallest absolute Gasteiger partial charge is 0.251 e. The normalized spacial score (nSPS) is 15.7. The Morgan fingerprint density at radius 3 is 1.88 bits per heavy atom.